The van der Waals surface area contributed by atoms with Crippen LogP contribution in [0.2, 0.25) is 0 Å². The summed E-state index contributed by atoms with van der Waals surface area (Å²) >= 11 is 1.00. The topological polar surface area (TPSA) is 90.6 Å². The first-order chi connectivity index (χ1) is 8.17. The number of amides is 1. The minimum absolute atomic E-state index is 0.554. The van der Waals surface area contributed by atoms with Crippen molar-refractivity contribution in [2.75, 3.05) is 18.1 Å². The summed E-state index contributed by atoms with van der Waals surface area (Å²) in [6.07, 6.45) is 0.566. The van der Waals surface area contributed by atoms with Crippen LogP contribution in [0.3, 0.4) is 0 Å². The van der Waals surface area contributed by atoms with Crippen molar-refractivity contribution in [2.45, 2.75) is 18.7 Å². The average Bonchev–Trinajstić information content (AvgIpc) is 2.35. The number of hydrogen-bond donors (Lipinski definition) is 4. The standard InChI is InChI=1S/C8H12N4O2S.C2H6/c1-10-12(14)15-8-4-6(9)2-3-7(8)11-5-13;1-2/h2-5,10,14H,9H2,1H3,(H,11,13);1-2H3. The Hall–Kier alpha value is -1.28. The zero-order valence-corrected chi connectivity index (χ0v) is 10.9. The molecule has 7 heteroatoms. The smallest absolute Gasteiger partial charge is 0.211 e. The van der Waals surface area contributed by atoms with Crippen LogP contribution in [0.5, 0.6) is 0 Å². The average molecular weight is 258 g/mol. The highest BCUT2D eigenvalue weighted by Gasteiger charge is 2.07. The van der Waals surface area contributed by atoms with Crippen LogP contribution in [0.4, 0.5) is 11.4 Å². The summed E-state index contributed by atoms with van der Waals surface area (Å²) in [7, 11) is 1.56. The van der Waals surface area contributed by atoms with Crippen LogP contribution >= 0.6 is 11.9 Å². The summed E-state index contributed by atoms with van der Waals surface area (Å²) in [6, 6.07) is 4.98. The molecule has 96 valence electrons. The van der Waals surface area contributed by atoms with Crippen LogP contribution < -0.4 is 16.5 Å². The molecular formula is C10H18N4O2S. The first-order valence-electron chi connectivity index (χ1n) is 5.11. The summed E-state index contributed by atoms with van der Waals surface area (Å²) in [6.45, 7) is 4.00. The van der Waals surface area contributed by atoms with Crippen molar-refractivity contribution in [3.05, 3.63) is 18.2 Å². The van der Waals surface area contributed by atoms with Crippen molar-refractivity contribution >= 4 is 29.7 Å². The van der Waals surface area contributed by atoms with E-state index < -0.39 is 0 Å². The quantitative estimate of drug-likeness (QED) is 0.278. The van der Waals surface area contributed by atoms with Crippen molar-refractivity contribution in [1.82, 2.24) is 10.0 Å². The van der Waals surface area contributed by atoms with Gasteiger partial charge in [-0.05, 0) is 18.2 Å². The second-order valence-corrected chi connectivity index (χ2v) is 3.57. The Morgan fingerprint density at radius 1 is 1.47 bits per heavy atom. The number of nitrogens with one attached hydrogen (secondary N) is 2. The van der Waals surface area contributed by atoms with Crippen LogP contribution in [-0.4, -0.2) is 23.2 Å². The third-order valence-electron chi connectivity index (χ3n) is 1.60. The van der Waals surface area contributed by atoms with Gasteiger partial charge in [-0.1, -0.05) is 18.4 Å². The number of rotatable bonds is 5. The molecule has 0 aliphatic rings. The minimum Gasteiger partial charge on any atom is -0.399 e. The van der Waals surface area contributed by atoms with E-state index in [-0.39, 0.29) is 0 Å². The molecule has 0 aliphatic carbocycles. The highest BCUT2D eigenvalue weighted by molar-refractivity contribution is 7.97. The maximum Gasteiger partial charge on any atom is 0.211 e. The van der Waals surface area contributed by atoms with E-state index in [1.165, 1.54) is 0 Å². The van der Waals surface area contributed by atoms with E-state index >= 15 is 0 Å². The fraction of sp³-hybridized carbons (Fsp3) is 0.300. The summed E-state index contributed by atoms with van der Waals surface area (Å²) < 4.78 is 0.810. The van der Waals surface area contributed by atoms with Crippen LogP contribution in [0.25, 0.3) is 0 Å². The molecule has 5 N–H and O–H groups in total. The number of nitrogens with zero attached hydrogens (tertiary/aromatic N) is 1. The Balaban J connectivity index is 0.00000121. The number of hydrogen-bond acceptors (Lipinski definition) is 6. The lowest BCUT2D eigenvalue weighted by Crippen LogP contribution is -2.24. The molecule has 1 aromatic rings. The number of carbonyl (C=O) groups is 1. The summed E-state index contributed by atoms with van der Waals surface area (Å²) in [5, 5.41) is 11.7. The van der Waals surface area contributed by atoms with Gasteiger partial charge in [-0.15, -0.1) is 0 Å². The molecule has 0 fully saturated rings. The third kappa shape index (κ3) is 5.55. The molecule has 0 radical (unpaired) electrons. The molecule has 1 rings (SSSR count). The van der Waals surface area contributed by atoms with Crippen molar-refractivity contribution in [3.8, 4) is 0 Å². The van der Waals surface area contributed by atoms with Gasteiger partial charge in [0.2, 0.25) is 6.41 Å². The fourth-order valence-electron chi connectivity index (χ4n) is 0.936. The molecule has 0 aromatic heterocycles. The van der Waals surface area contributed by atoms with E-state index in [9.17, 15) is 10.0 Å². The lowest BCUT2D eigenvalue weighted by Gasteiger charge is -2.14. The summed E-state index contributed by atoms with van der Waals surface area (Å²) in [5.74, 6) is 0. The third-order valence-corrected chi connectivity index (χ3v) is 2.49. The molecule has 0 saturated heterocycles. The largest absolute Gasteiger partial charge is 0.399 e. The number of carbonyl (C=O) groups excluding carboxylic acids is 1. The maximum atomic E-state index is 10.3. The first-order valence-corrected chi connectivity index (χ1v) is 5.88. The molecule has 1 amide bonds. The van der Waals surface area contributed by atoms with Gasteiger partial charge >= 0.3 is 0 Å². The summed E-state index contributed by atoms with van der Waals surface area (Å²) in [5.41, 5.74) is 9.22. The van der Waals surface area contributed by atoms with Crippen LogP contribution in [0.15, 0.2) is 23.1 Å². The minimum atomic E-state index is 0.554. The van der Waals surface area contributed by atoms with Crippen molar-refractivity contribution in [3.63, 3.8) is 0 Å². The highest BCUT2D eigenvalue weighted by Crippen LogP contribution is 2.29. The molecule has 0 bridgehead atoms. The van der Waals surface area contributed by atoms with Gasteiger partial charge in [0.25, 0.3) is 0 Å². The van der Waals surface area contributed by atoms with Crippen molar-refractivity contribution in [2.24, 2.45) is 0 Å². The number of benzene rings is 1. The molecule has 0 aliphatic heterocycles. The Morgan fingerprint density at radius 3 is 2.65 bits per heavy atom. The SMILES string of the molecule is CC.CNN(O)Sc1cc(N)ccc1NC=O. The van der Waals surface area contributed by atoms with E-state index in [1.54, 1.807) is 25.2 Å². The maximum absolute atomic E-state index is 10.3. The zero-order chi connectivity index (χ0) is 13.3. The van der Waals surface area contributed by atoms with Gasteiger partial charge in [0.1, 0.15) is 0 Å². The monoisotopic (exact) mass is 258 g/mol. The van der Waals surface area contributed by atoms with Gasteiger partial charge in [-0.3, -0.25) is 10.0 Å². The van der Waals surface area contributed by atoms with Crippen molar-refractivity contribution < 1.29 is 10.0 Å². The highest BCUT2D eigenvalue weighted by atomic mass is 32.2. The molecular weight excluding hydrogens is 240 g/mol. The molecule has 6 nitrogen and oxygen atoms in total. The number of nitrogens with two attached hydrogens (primary N) is 1. The predicted molar refractivity (Wildman–Crippen MR) is 70.4 cm³/mol. The van der Waals surface area contributed by atoms with E-state index in [0.717, 1.165) is 16.5 Å². The summed E-state index contributed by atoms with van der Waals surface area (Å²) in [4.78, 5) is 11.0. The molecule has 0 spiro atoms. The molecule has 1 aromatic carbocycles. The Bertz CT molecular complexity index is 349. The van der Waals surface area contributed by atoms with Gasteiger partial charge in [0, 0.05) is 24.7 Å². The lowest BCUT2D eigenvalue weighted by molar-refractivity contribution is -0.105. The molecule has 0 atom stereocenters. The van der Waals surface area contributed by atoms with Crippen molar-refractivity contribution in [1.29, 1.82) is 0 Å². The van der Waals surface area contributed by atoms with Gasteiger partial charge in [-0.2, -0.15) is 0 Å². The Labute approximate surface area is 105 Å². The van der Waals surface area contributed by atoms with Crippen LogP contribution in [-0.2, 0) is 4.79 Å². The van der Waals surface area contributed by atoms with E-state index in [4.69, 9.17) is 5.73 Å². The van der Waals surface area contributed by atoms with Crippen LogP contribution in [0.1, 0.15) is 13.8 Å². The Kier molecular flexibility index (Phi) is 8.16. The normalized spacial score (nSPS) is 9.47. The van der Waals surface area contributed by atoms with E-state index in [2.05, 4.69) is 10.7 Å². The van der Waals surface area contributed by atoms with E-state index in [1.807, 2.05) is 13.8 Å². The van der Waals surface area contributed by atoms with Crippen LogP contribution in [0, 0.1) is 0 Å². The second kappa shape index (κ2) is 8.82. The predicted octanol–water partition coefficient (Wildman–Crippen LogP) is 1.70. The van der Waals surface area contributed by atoms with E-state index in [0.29, 0.717) is 22.7 Å². The second-order valence-electron chi connectivity index (χ2n) is 2.61. The van der Waals surface area contributed by atoms with Gasteiger partial charge < -0.3 is 11.1 Å². The molecule has 0 saturated carbocycles. The van der Waals surface area contributed by atoms with Gasteiger partial charge in [0.15, 0.2) is 0 Å². The lowest BCUT2D eigenvalue weighted by atomic mass is 10.3. The number of hydrazine groups is 1. The molecule has 0 unspecified atom stereocenters. The van der Waals surface area contributed by atoms with Gasteiger partial charge in [-0.25, -0.2) is 5.43 Å². The zero-order valence-electron chi connectivity index (χ0n) is 10.1. The first kappa shape index (κ1) is 15.7. The molecule has 0 heterocycles. The van der Waals surface area contributed by atoms with Gasteiger partial charge in [0.05, 0.1) is 10.6 Å². The number of anilines is 2. The molecule has 17 heavy (non-hydrogen) atoms. The Morgan fingerprint density at radius 2 is 2.12 bits per heavy atom. The fourth-order valence-corrected chi connectivity index (χ4v) is 1.63. The number of nitrogen functional groups attached to an aromatic ring is 1.